The van der Waals surface area contributed by atoms with E-state index in [9.17, 15) is 14.7 Å². The third-order valence-electron chi connectivity index (χ3n) is 5.60. The minimum atomic E-state index is -0.255. The molecule has 1 N–H and O–H groups in total. The van der Waals surface area contributed by atoms with Crippen molar-refractivity contribution < 1.29 is 14.3 Å². The third-order valence-corrected chi connectivity index (χ3v) is 5.60. The van der Waals surface area contributed by atoms with Crippen molar-refractivity contribution >= 4 is 5.91 Å². The summed E-state index contributed by atoms with van der Waals surface area (Å²) in [6.45, 7) is 8.12. The summed E-state index contributed by atoms with van der Waals surface area (Å²) in [6, 6.07) is 2.64. The molecule has 3 rings (SSSR count). The molecule has 1 aromatic rings. The van der Waals surface area contributed by atoms with Crippen LogP contribution in [0, 0.1) is 18.8 Å². The third kappa shape index (κ3) is 5.40. The van der Waals surface area contributed by atoms with E-state index in [1.807, 2.05) is 0 Å². The molecule has 27 heavy (non-hydrogen) atoms. The van der Waals surface area contributed by atoms with Gasteiger partial charge in [-0.25, -0.2) is 0 Å². The number of amides is 1. The smallest absolute Gasteiger partial charge is 0.289 e. The Labute approximate surface area is 160 Å². The fraction of sp³-hybridized carbons (Fsp3) is 0.700. The summed E-state index contributed by atoms with van der Waals surface area (Å²) in [7, 11) is 2.15. The molecule has 1 amide bonds. The molecular weight excluding hydrogens is 346 g/mol. The number of aryl methyl sites for hydroxylation is 1. The maximum Gasteiger partial charge on any atom is 0.289 e. The first kappa shape index (κ1) is 20.0. The lowest BCUT2D eigenvalue weighted by atomic mass is 9.89. The number of hydrogen-bond donors (Lipinski definition) is 1. The molecule has 2 atom stereocenters. The molecule has 0 radical (unpaired) electrons. The molecule has 0 aliphatic carbocycles. The first-order valence-electron chi connectivity index (χ1n) is 9.87. The first-order chi connectivity index (χ1) is 12.9. The van der Waals surface area contributed by atoms with Crippen LogP contribution in [0.15, 0.2) is 21.3 Å². The van der Waals surface area contributed by atoms with E-state index >= 15 is 0 Å². The summed E-state index contributed by atoms with van der Waals surface area (Å²) in [5.74, 6) is 0.661. The summed E-state index contributed by atoms with van der Waals surface area (Å²) in [5.41, 5.74) is -0.219. The molecule has 0 spiro atoms. The van der Waals surface area contributed by atoms with Crippen molar-refractivity contribution in [2.45, 2.75) is 19.8 Å². The maximum atomic E-state index is 12.9. The monoisotopic (exact) mass is 377 g/mol. The molecule has 0 saturated carbocycles. The number of hydrogen-bond acceptors (Lipinski definition) is 6. The highest BCUT2D eigenvalue weighted by Crippen LogP contribution is 2.24. The van der Waals surface area contributed by atoms with Crippen LogP contribution in [-0.4, -0.2) is 85.2 Å². The number of aliphatic hydroxyl groups is 1. The summed E-state index contributed by atoms with van der Waals surface area (Å²) >= 11 is 0. The molecule has 2 aliphatic heterocycles. The van der Waals surface area contributed by atoms with Crippen LogP contribution in [0.4, 0.5) is 0 Å². The molecule has 2 saturated heterocycles. The van der Waals surface area contributed by atoms with Crippen LogP contribution < -0.4 is 5.43 Å². The van der Waals surface area contributed by atoms with Crippen LogP contribution in [0.25, 0.3) is 0 Å². The van der Waals surface area contributed by atoms with Gasteiger partial charge in [-0.15, -0.1) is 0 Å². The molecule has 1 aromatic heterocycles. The van der Waals surface area contributed by atoms with Gasteiger partial charge < -0.3 is 24.2 Å². The number of likely N-dealkylation sites (N-methyl/N-ethyl adjacent to an activating group) is 1. The minimum Gasteiger partial charge on any atom is -0.456 e. The van der Waals surface area contributed by atoms with Crippen molar-refractivity contribution in [3.05, 3.63) is 33.9 Å². The van der Waals surface area contributed by atoms with E-state index in [-0.39, 0.29) is 29.6 Å². The van der Waals surface area contributed by atoms with E-state index in [1.54, 1.807) is 11.8 Å². The van der Waals surface area contributed by atoms with E-state index in [1.165, 1.54) is 12.1 Å². The van der Waals surface area contributed by atoms with Gasteiger partial charge in [-0.1, -0.05) is 0 Å². The molecule has 0 aromatic carbocycles. The number of carbonyl (C=O) groups excluding carboxylic acids is 1. The van der Waals surface area contributed by atoms with Gasteiger partial charge in [0.25, 0.3) is 5.91 Å². The van der Waals surface area contributed by atoms with Crippen molar-refractivity contribution in [3.63, 3.8) is 0 Å². The lowest BCUT2D eigenvalue weighted by Crippen LogP contribution is -2.48. The fourth-order valence-corrected chi connectivity index (χ4v) is 4.26. The normalized spacial score (nSPS) is 25.4. The van der Waals surface area contributed by atoms with Crippen LogP contribution in [0.5, 0.6) is 0 Å². The Bertz CT molecular complexity index is 705. The van der Waals surface area contributed by atoms with Crippen molar-refractivity contribution in [3.8, 4) is 0 Å². The highest BCUT2D eigenvalue weighted by Gasteiger charge is 2.32. The summed E-state index contributed by atoms with van der Waals surface area (Å²) < 4.78 is 5.49. The van der Waals surface area contributed by atoms with Gasteiger partial charge in [0.1, 0.15) is 5.76 Å². The largest absolute Gasteiger partial charge is 0.456 e. The molecule has 7 heteroatoms. The standard InChI is InChI=1S/C20H31N3O4/c1-15-8-18(25)10-19(27-15)20(26)23-12-16(9-17(13-23)14-24)11-22-5-3-4-21(2)6-7-22/h8,10,16-17,24H,3-7,9,11-14H2,1-2H3/t16-,17+/m1/s1. The number of piperidine rings is 1. The Morgan fingerprint density at radius 2 is 1.96 bits per heavy atom. The number of rotatable bonds is 4. The Kier molecular flexibility index (Phi) is 6.68. The fourth-order valence-electron chi connectivity index (χ4n) is 4.26. The summed E-state index contributed by atoms with van der Waals surface area (Å²) in [6.07, 6.45) is 2.08. The van der Waals surface area contributed by atoms with Crippen LogP contribution in [0.1, 0.15) is 29.2 Å². The molecule has 2 aliphatic rings. The van der Waals surface area contributed by atoms with E-state index in [4.69, 9.17) is 4.42 Å². The molecule has 150 valence electrons. The first-order valence-corrected chi connectivity index (χ1v) is 9.87. The van der Waals surface area contributed by atoms with Gasteiger partial charge in [-0.3, -0.25) is 9.59 Å². The Morgan fingerprint density at radius 3 is 2.70 bits per heavy atom. The van der Waals surface area contributed by atoms with Crippen molar-refractivity contribution in [1.82, 2.24) is 14.7 Å². The number of aliphatic hydroxyl groups excluding tert-OH is 1. The van der Waals surface area contributed by atoms with E-state index < -0.39 is 0 Å². The molecular formula is C20H31N3O4. The molecule has 0 bridgehead atoms. The topological polar surface area (TPSA) is 77.2 Å². The predicted octanol–water partition coefficient (Wildman–Crippen LogP) is 0.656. The highest BCUT2D eigenvalue weighted by atomic mass is 16.3. The van der Waals surface area contributed by atoms with Crippen molar-refractivity contribution in [2.24, 2.45) is 11.8 Å². The molecule has 2 fully saturated rings. The molecule has 7 nitrogen and oxygen atoms in total. The van der Waals surface area contributed by atoms with Gasteiger partial charge >= 0.3 is 0 Å². The zero-order valence-corrected chi connectivity index (χ0v) is 16.4. The van der Waals surface area contributed by atoms with E-state index in [0.29, 0.717) is 24.8 Å². The summed E-state index contributed by atoms with van der Waals surface area (Å²) in [4.78, 5) is 31.2. The zero-order chi connectivity index (χ0) is 19.4. The van der Waals surface area contributed by atoms with Gasteiger partial charge in [0.05, 0.1) is 0 Å². The average Bonchev–Trinajstić information content (AvgIpc) is 2.84. The second kappa shape index (κ2) is 8.99. The zero-order valence-electron chi connectivity index (χ0n) is 16.4. The van der Waals surface area contributed by atoms with E-state index in [2.05, 4.69) is 16.8 Å². The minimum absolute atomic E-state index is 0.0684. The van der Waals surface area contributed by atoms with Crippen LogP contribution in [0.2, 0.25) is 0 Å². The lowest BCUT2D eigenvalue weighted by molar-refractivity contribution is 0.0425. The molecule has 3 heterocycles. The second-order valence-electron chi connectivity index (χ2n) is 8.09. The van der Waals surface area contributed by atoms with E-state index in [0.717, 1.165) is 45.6 Å². The van der Waals surface area contributed by atoms with Gasteiger partial charge in [-0.2, -0.15) is 0 Å². The maximum absolute atomic E-state index is 12.9. The lowest BCUT2D eigenvalue weighted by Gasteiger charge is -2.39. The van der Waals surface area contributed by atoms with Crippen LogP contribution >= 0.6 is 0 Å². The van der Waals surface area contributed by atoms with Gasteiger partial charge in [0, 0.05) is 51.5 Å². The predicted molar refractivity (Wildman–Crippen MR) is 103 cm³/mol. The Hall–Kier alpha value is -1.70. The number of nitrogens with zero attached hydrogens (tertiary/aromatic N) is 3. The summed E-state index contributed by atoms with van der Waals surface area (Å²) in [5, 5.41) is 9.72. The molecule has 0 unspecified atom stereocenters. The van der Waals surface area contributed by atoms with Crippen LogP contribution in [0.3, 0.4) is 0 Å². The van der Waals surface area contributed by atoms with Crippen molar-refractivity contribution in [1.29, 1.82) is 0 Å². The Balaban J connectivity index is 1.68. The number of carbonyl (C=O) groups is 1. The van der Waals surface area contributed by atoms with Gasteiger partial charge in [-0.05, 0) is 51.7 Å². The average molecular weight is 377 g/mol. The quantitative estimate of drug-likeness (QED) is 0.831. The van der Waals surface area contributed by atoms with Gasteiger partial charge in [0.2, 0.25) is 0 Å². The number of likely N-dealkylation sites (tertiary alicyclic amines) is 1. The van der Waals surface area contributed by atoms with Crippen molar-refractivity contribution in [2.75, 3.05) is 59.5 Å². The second-order valence-corrected chi connectivity index (χ2v) is 8.09. The Morgan fingerprint density at radius 1 is 1.19 bits per heavy atom. The SMILES string of the molecule is Cc1cc(=O)cc(C(=O)N2C[C@@H](CN3CCCN(C)CC3)C[C@H](CO)C2)o1. The van der Waals surface area contributed by atoms with Gasteiger partial charge in [0.15, 0.2) is 11.2 Å². The van der Waals surface area contributed by atoms with Crippen LogP contribution in [-0.2, 0) is 0 Å². The highest BCUT2D eigenvalue weighted by molar-refractivity contribution is 5.91.